The molecule has 0 N–H and O–H groups in total. The fraction of sp³-hybridized carbons (Fsp3) is 0.691. The van der Waals surface area contributed by atoms with Crippen molar-refractivity contribution < 1.29 is 28.6 Å². The van der Waals surface area contributed by atoms with Gasteiger partial charge in [-0.3, -0.25) is 14.4 Å². The van der Waals surface area contributed by atoms with Crippen molar-refractivity contribution in [3.63, 3.8) is 0 Å². The minimum atomic E-state index is -0.782. The van der Waals surface area contributed by atoms with Crippen LogP contribution in [0.3, 0.4) is 0 Å². The number of hydrogen-bond acceptors (Lipinski definition) is 6. The molecule has 0 saturated carbocycles. The molecule has 0 aromatic heterocycles. The minimum Gasteiger partial charge on any atom is -0.462 e. The number of carbonyl (C=O) groups excluding carboxylic acids is 3. The van der Waals surface area contributed by atoms with E-state index in [1.54, 1.807) is 0 Å². The molecule has 0 saturated heterocycles. The maximum atomic E-state index is 12.8. The molecule has 0 heterocycles. The fourth-order valence-corrected chi connectivity index (χ4v) is 8.38. The van der Waals surface area contributed by atoms with Crippen molar-refractivity contribution in [2.24, 2.45) is 0 Å². The molecule has 0 aromatic rings. The normalized spacial score (nSPS) is 12.9. The number of allylic oxidation sites excluding steroid dienone is 18. The Balaban J connectivity index is 4.04. The zero-order valence-corrected chi connectivity index (χ0v) is 48.3. The Morgan fingerprint density at radius 3 is 0.865 bits per heavy atom. The third-order valence-corrected chi connectivity index (χ3v) is 13.0. The first-order valence-corrected chi connectivity index (χ1v) is 30.9. The Kier molecular flexibility index (Phi) is 58.3. The first-order valence-electron chi connectivity index (χ1n) is 30.9. The number of ether oxygens (including phenoxy) is 3. The van der Waals surface area contributed by atoms with Gasteiger partial charge in [-0.2, -0.15) is 0 Å². The smallest absolute Gasteiger partial charge is 0.306 e. The molecule has 0 bridgehead atoms. The summed E-state index contributed by atoms with van der Waals surface area (Å²) < 4.78 is 16.8. The molecule has 6 heteroatoms. The van der Waals surface area contributed by atoms with Gasteiger partial charge in [-0.05, 0) is 103 Å². The van der Waals surface area contributed by atoms with Crippen LogP contribution in [0.2, 0.25) is 0 Å². The van der Waals surface area contributed by atoms with E-state index in [2.05, 4.69) is 130 Å². The van der Waals surface area contributed by atoms with E-state index in [4.69, 9.17) is 14.2 Å². The maximum Gasteiger partial charge on any atom is 0.306 e. The Hall–Kier alpha value is -3.93. The molecule has 0 spiro atoms. The summed E-state index contributed by atoms with van der Waals surface area (Å²) in [6.07, 6.45) is 84.1. The quantitative estimate of drug-likeness (QED) is 0.0261. The Morgan fingerprint density at radius 1 is 0.284 bits per heavy atom. The summed E-state index contributed by atoms with van der Waals surface area (Å²) in [6, 6.07) is 0. The van der Waals surface area contributed by atoms with Crippen LogP contribution in [-0.4, -0.2) is 37.2 Å². The molecule has 0 aromatic carbocycles. The van der Waals surface area contributed by atoms with Gasteiger partial charge in [0.1, 0.15) is 13.2 Å². The van der Waals surface area contributed by atoms with Crippen molar-refractivity contribution in [2.45, 2.75) is 290 Å². The molecule has 6 nitrogen and oxygen atoms in total. The second-order valence-corrected chi connectivity index (χ2v) is 20.2. The summed E-state index contributed by atoms with van der Waals surface area (Å²) in [7, 11) is 0. The average molecular weight is 1030 g/mol. The molecule has 0 aliphatic heterocycles. The van der Waals surface area contributed by atoms with Gasteiger partial charge in [0.05, 0.1) is 0 Å². The number of unbranched alkanes of at least 4 members (excludes halogenated alkanes) is 26. The SMILES string of the molecule is CC/C=C\C/C=C\C/C=C\C/C=C\C/C=C\C/C=C\C/C=C\CCCCCCCCCCCCCCCC(=O)OCC(COC(=O)CCCCCCCCC)OC(=O)CCCCCCC/C=C\C/C=C\CCCC. The van der Waals surface area contributed by atoms with Crippen LogP contribution in [0.15, 0.2) is 109 Å². The third kappa shape index (κ3) is 59.0. The standard InChI is InChI=1S/C68H114O6/c1-4-7-10-13-16-18-20-22-24-25-26-27-28-29-30-31-32-33-34-35-36-37-38-39-40-41-42-43-44-46-47-49-52-55-58-61-67(70)73-64-65(63-72-66(69)60-57-54-51-15-12-9-6-3)74-68(71)62-59-56-53-50-48-45-23-21-19-17-14-11-8-5-2/h7,10,14,16-18,21-24,26-27,29-30,32-33,35-36,65H,4-6,8-9,11-13,15,19-20,25,28,31,34,37-64H2,1-3H3/b10-7-,17-14-,18-16-,23-21-,24-22-,27-26-,30-29-,33-32-,36-35-. The van der Waals surface area contributed by atoms with Crippen molar-refractivity contribution in [3.8, 4) is 0 Å². The van der Waals surface area contributed by atoms with Crippen LogP contribution in [-0.2, 0) is 28.6 Å². The van der Waals surface area contributed by atoms with Gasteiger partial charge in [-0.1, -0.05) is 271 Å². The van der Waals surface area contributed by atoms with Crippen LogP contribution in [0.1, 0.15) is 284 Å². The number of hydrogen-bond donors (Lipinski definition) is 0. The first-order chi connectivity index (χ1) is 36.5. The van der Waals surface area contributed by atoms with Gasteiger partial charge in [0.25, 0.3) is 0 Å². The predicted molar refractivity (Wildman–Crippen MR) is 320 cm³/mol. The van der Waals surface area contributed by atoms with Crippen LogP contribution < -0.4 is 0 Å². The number of carbonyl (C=O) groups is 3. The highest BCUT2D eigenvalue weighted by molar-refractivity contribution is 5.71. The molecular formula is C68H114O6. The molecule has 0 aliphatic rings. The predicted octanol–water partition coefficient (Wildman–Crippen LogP) is 21.0. The molecule has 0 fully saturated rings. The van der Waals surface area contributed by atoms with E-state index in [-0.39, 0.29) is 31.1 Å². The molecule has 1 atom stereocenters. The van der Waals surface area contributed by atoms with E-state index in [9.17, 15) is 14.4 Å². The van der Waals surface area contributed by atoms with E-state index in [0.29, 0.717) is 19.3 Å². The topological polar surface area (TPSA) is 78.9 Å². The van der Waals surface area contributed by atoms with Crippen LogP contribution in [0.5, 0.6) is 0 Å². The van der Waals surface area contributed by atoms with Gasteiger partial charge in [-0.15, -0.1) is 0 Å². The maximum absolute atomic E-state index is 12.8. The first kappa shape index (κ1) is 70.1. The Labute approximate surface area is 457 Å². The molecule has 0 radical (unpaired) electrons. The van der Waals surface area contributed by atoms with Crippen molar-refractivity contribution >= 4 is 17.9 Å². The highest BCUT2D eigenvalue weighted by Crippen LogP contribution is 2.16. The second kappa shape index (κ2) is 61.6. The third-order valence-electron chi connectivity index (χ3n) is 13.0. The minimum absolute atomic E-state index is 0.0818. The lowest BCUT2D eigenvalue weighted by Crippen LogP contribution is -2.30. The number of rotatable bonds is 55. The van der Waals surface area contributed by atoms with Crippen LogP contribution in [0, 0.1) is 0 Å². The van der Waals surface area contributed by atoms with Gasteiger partial charge in [0.2, 0.25) is 0 Å². The van der Waals surface area contributed by atoms with Crippen molar-refractivity contribution in [3.05, 3.63) is 109 Å². The lowest BCUT2D eigenvalue weighted by Gasteiger charge is -2.18. The van der Waals surface area contributed by atoms with Crippen molar-refractivity contribution in [1.82, 2.24) is 0 Å². The molecule has 0 rings (SSSR count). The summed E-state index contributed by atoms with van der Waals surface area (Å²) in [6.45, 7) is 6.43. The Bertz CT molecular complexity index is 1510. The highest BCUT2D eigenvalue weighted by Gasteiger charge is 2.19. The summed E-state index contributed by atoms with van der Waals surface area (Å²) >= 11 is 0. The van der Waals surface area contributed by atoms with E-state index in [0.717, 1.165) is 128 Å². The van der Waals surface area contributed by atoms with Gasteiger partial charge < -0.3 is 14.2 Å². The largest absolute Gasteiger partial charge is 0.462 e. The molecule has 0 aliphatic carbocycles. The lowest BCUT2D eigenvalue weighted by molar-refractivity contribution is -0.167. The summed E-state index contributed by atoms with van der Waals surface area (Å²) in [4.78, 5) is 37.9. The zero-order chi connectivity index (χ0) is 53.6. The van der Waals surface area contributed by atoms with E-state index in [1.165, 1.54) is 116 Å². The summed E-state index contributed by atoms with van der Waals surface area (Å²) in [5.41, 5.74) is 0. The van der Waals surface area contributed by atoms with Gasteiger partial charge >= 0.3 is 17.9 Å². The zero-order valence-electron chi connectivity index (χ0n) is 48.3. The van der Waals surface area contributed by atoms with Crippen LogP contribution >= 0.6 is 0 Å². The van der Waals surface area contributed by atoms with Gasteiger partial charge in [0, 0.05) is 19.3 Å². The van der Waals surface area contributed by atoms with E-state index < -0.39 is 6.10 Å². The van der Waals surface area contributed by atoms with E-state index in [1.807, 2.05) is 0 Å². The Morgan fingerprint density at radius 2 is 0.541 bits per heavy atom. The molecular weight excluding hydrogens is 913 g/mol. The highest BCUT2D eigenvalue weighted by atomic mass is 16.6. The molecule has 1 unspecified atom stereocenters. The van der Waals surface area contributed by atoms with Crippen LogP contribution in [0.25, 0.3) is 0 Å². The molecule has 422 valence electrons. The van der Waals surface area contributed by atoms with Crippen molar-refractivity contribution in [2.75, 3.05) is 13.2 Å². The van der Waals surface area contributed by atoms with Gasteiger partial charge in [-0.25, -0.2) is 0 Å². The average Bonchev–Trinajstić information content (AvgIpc) is 3.40. The lowest BCUT2D eigenvalue weighted by atomic mass is 10.0. The van der Waals surface area contributed by atoms with Gasteiger partial charge in [0.15, 0.2) is 6.10 Å². The summed E-state index contributed by atoms with van der Waals surface area (Å²) in [5.74, 6) is -0.901. The van der Waals surface area contributed by atoms with Crippen molar-refractivity contribution in [1.29, 1.82) is 0 Å². The summed E-state index contributed by atoms with van der Waals surface area (Å²) in [5, 5.41) is 0. The van der Waals surface area contributed by atoms with Crippen LogP contribution in [0.4, 0.5) is 0 Å². The fourth-order valence-electron chi connectivity index (χ4n) is 8.38. The molecule has 74 heavy (non-hydrogen) atoms. The monoisotopic (exact) mass is 1030 g/mol. The van der Waals surface area contributed by atoms with E-state index >= 15 is 0 Å². The second-order valence-electron chi connectivity index (χ2n) is 20.2. The molecule has 0 amide bonds. The number of esters is 3.